The molecule has 0 spiro atoms. The summed E-state index contributed by atoms with van der Waals surface area (Å²) >= 11 is 0. The molecule has 1 aromatic carbocycles. The highest BCUT2D eigenvalue weighted by Gasteiger charge is 2.35. The van der Waals surface area contributed by atoms with Gasteiger partial charge in [0, 0.05) is 10.9 Å². The third-order valence-corrected chi connectivity index (χ3v) is 3.49. The van der Waals surface area contributed by atoms with Crippen molar-refractivity contribution in [2.75, 3.05) is 5.43 Å². The van der Waals surface area contributed by atoms with E-state index in [1.807, 2.05) is 20.8 Å². The SMILES string of the molecule is CCC(C)(C)NC(=O)NNc1nc(C(F)(F)F)nc2ccccc12. The topological polar surface area (TPSA) is 78.9 Å². The fraction of sp³-hybridized carbons (Fsp3) is 0.400. The Kier molecular flexibility index (Phi) is 4.81. The molecule has 1 aromatic heterocycles. The zero-order chi connectivity index (χ0) is 18.0. The van der Waals surface area contributed by atoms with Crippen LogP contribution in [0.5, 0.6) is 0 Å². The molecule has 0 aliphatic rings. The van der Waals surface area contributed by atoms with Crippen LogP contribution in [0.2, 0.25) is 0 Å². The minimum Gasteiger partial charge on any atom is -0.332 e. The number of aromatic nitrogens is 2. The molecule has 2 amide bonds. The van der Waals surface area contributed by atoms with Gasteiger partial charge in [0.2, 0.25) is 5.82 Å². The highest BCUT2D eigenvalue weighted by atomic mass is 19.4. The van der Waals surface area contributed by atoms with Gasteiger partial charge in [0.05, 0.1) is 5.52 Å². The summed E-state index contributed by atoms with van der Waals surface area (Å²) in [4.78, 5) is 18.8. The Labute approximate surface area is 136 Å². The van der Waals surface area contributed by atoms with Crippen molar-refractivity contribution >= 4 is 22.8 Å². The minimum atomic E-state index is -4.69. The second kappa shape index (κ2) is 6.50. The van der Waals surface area contributed by atoms with E-state index in [2.05, 4.69) is 26.1 Å². The average Bonchev–Trinajstić information content (AvgIpc) is 2.51. The number of para-hydroxylation sites is 1. The Morgan fingerprint density at radius 2 is 1.83 bits per heavy atom. The van der Waals surface area contributed by atoms with Crippen molar-refractivity contribution < 1.29 is 18.0 Å². The zero-order valence-electron chi connectivity index (χ0n) is 13.5. The third-order valence-electron chi connectivity index (χ3n) is 3.49. The lowest BCUT2D eigenvalue weighted by molar-refractivity contribution is -0.144. The number of alkyl halides is 3. The quantitative estimate of drug-likeness (QED) is 0.744. The van der Waals surface area contributed by atoms with Gasteiger partial charge in [-0.3, -0.25) is 10.9 Å². The summed E-state index contributed by atoms with van der Waals surface area (Å²) in [5.74, 6) is -1.41. The van der Waals surface area contributed by atoms with Gasteiger partial charge < -0.3 is 5.32 Å². The summed E-state index contributed by atoms with van der Waals surface area (Å²) in [5.41, 5.74) is 4.41. The predicted octanol–water partition coefficient (Wildman–Crippen LogP) is 3.46. The molecule has 24 heavy (non-hydrogen) atoms. The largest absolute Gasteiger partial charge is 0.451 e. The van der Waals surface area contributed by atoms with Gasteiger partial charge in [0.25, 0.3) is 0 Å². The van der Waals surface area contributed by atoms with Crippen LogP contribution in [0.25, 0.3) is 10.9 Å². The van der Waals surface area contributed by atoms with Gasteiger partial charge in [-0.25, -0.2) is 14.8 Å². The van der Waals surface area contributed by atoms with Crippen LogP contribution in [-0.2, 0) is 6.18 Å². The molecule has 3 N–H and O–H groups in total. The summed E-state index contributed by atoms with van der Waals surface area (Å²) in [6, 6.07) is 5.65. The number of hydrogen-bond donors (Lipinski definition) is 3. The molecular formula is C15H18F3N5O. The predicted molar refractivity (Wildman–Crippen MR) is 84.2 cm³/mol. The Bertz CT molecular complexity index is 745. The van der Waals surface area contributed by atoms with Crippen LogP contribution in [0.1, 0.15) is 33.0 Å². The van der Waals surface area contributed by atoms with Gasteiger partial charge >= 0.3 is 12.2 Å². The van der Waals surface area contributed by atoms with Crippen molar-refractivity contribution in [2.24, 2.45) is 0 Å². The van der Waals surface area contributed by atoms with Crippen molar-refractivity contribution in [1.82, 2.24) is 20.7 Å². The number of hydrogen-bond acceptors (Lipinski definition) is 4. The fourth-order valence-electron chi connectivity index (χ4n) is 1.84. The molecule has 2 rings (SSSR count). The molecule has 0 fully saturated rings. The normalized spacial score (nSPS) is 12.1. The van der Waals surface area contributed by atoms with E-state index < -0.39 is 23.6 Å². The summed E-state index contributed by atoms with van der Waals surface area (Å²) in [7, 11) is 0. The molecule has 0 saturated heterocycles. The highest BCUT2D eigenvalue weighted by Crippen LogP contribution is 2.29. The number of fused-ring (bicyclic) bond motifs is 1. The van der Waals surface area contributed by atoms with Crippen LogP contribution in [0, 0.1) is 0 Å². The number of nitrogens with zero attached hydrogens (tertiary/aromatic N) is 2. The number of halogens is 3. The van der Waals surface area contributed by atoms with Crippen molar-refractivity contribution in [3.63, 3.8) is 0 Å². The highest BCUT2D eigenvalue weighted by molar-refractivity contribution is 5.90. The van der Waals surface area contributed by atoms with Gasteiger partial charge in [-0.2, -0.15) is 13.2 Å². The van der Waals surface area contributed by atoms with E-state index in [-0.39, 0.29) is 11.3 Å². The van der Waals surface area contributed by atoms with E-state index in [4.69, 9.17) is 0 Å². The van der Waals surface area contributed by atoms with Gasteiger partial charge in [-0.15, -0.1) is 0 Å². The van der Waals surface area contributed by atoms with Crippen molar-refractivity contribution in [3.05, 3.63) is 30.1 Å². The lowest BCUT2D eigenvalue weighted by Gasteiger charge is -2.24. The molecule has 0 unspecified atom stereocenters. The van der Waals surface area contributed by atoms with Gasteiger partial charge in [-0.05, 0) is 32.4 Å². The molecular weight excluding hydrogens is 323 g/mol. The molecule has 2 aromatic rings. The Balaban J connectivity index is 2.26. The van der Waals surface area contributed by atoms with Gasteiger partial charge in [0.15, 0.2) is 5.82 Å². The fourth-order valence-corrected chi connectivity index (χ4v) is 1.84. The standard InChI is InChI=1S/C15H18F3N5O/c1-4-14(2,3)21-13(24)23-22-11-9-7-5-6-8-10(9)19-12(20-11)15(16,17)18/h5-8H,4H2,1-3H3,(H,19,20,22)(H2,21,23,24). The smallest absolute Gasteiger partial charge is 0.332 e. The number of carbonyl (C=O) groups is 1. The lowest BCUT2D eigenvalue weighted by atomic mass is 10.0. The maximum absolute atomic E-state index is 12.9. The second-order valence-corrected chi connectivity index (χ2v) is 5.85. The Morgan fingerprint density at radius 3 is 2.46 bits per heavy atom. The van der Waals surface area contributed by atoms with E-state index in [9.17, 15) is 18.0 Å². The number of carbonyl (C=O) groups excluding carboxylic acids is 1. The monoisotopic (exact) mass is 341 g/mol. The molecule has 0 saturated carbocycles. The number of amides is 2. The van der Waals surface area contributed by atoms with E-state index >= 15 is 0 Å². The minimum absolute atomic E-state index is 0.124. The number of urea groups is 1. The van der Waals surface area contributed by atoms with Crippen molar-refractivity contribution in [3.8, 4) is 0 Å². The Morgan fingerprint density at radius 1 is 1.17 bits per heavy atom. The molecule has 1 heterocycles. The van der Waals surface area contributed by atoms with Crippen LogP contribution >= 0.6 is 0 Å². The van der Waals surface area contributed by atoms with Crippen LogP contribution < -0.4 is 16.2 Å². The molecule has 130 valence electrons. The summed E-state index contributed by atoms with van der Waals surface area (Å²) in [6.45, 7) is 5.56. The van der Waals surface area contributed by atoms with Crippen molar-refractivity contribution in [2.45, 2.75) is 38.9 Å². The number of nitrogens with one attached hydrogen (secondary N) is 3. The molecule has 0 atom stereocenters. The van der Waals surface area contributed by atoms with Gasteiger partial charge in [0.1, 0.15) is 0 Å². The summed E-state index contributed by atoms with van der Waals surface area (Å²) < 4.78 is 38.7. The van der Waals surface area contributed by atoms with E-state index in [0.717, 1.165) is 0 Å². The number of anilines is 1. The molecule has 6 nitrogen and oxygen atoms in total. The molecule has 9 heteroatoms. The van der Waals surface area contributed by atoms with Crippen LogP contribution in [0.3, 0.4) is 0 Å². The van der Waals surface area contributed by atoms with Crippen LogP contribution in [-0.4, -0.2) is 21.5 Å². The second-order valence-electron chi connectivity index (χ2n) is 5.85. The number of benzene rings is 1. The van der Waals surface area contributed by atoms with Crippen LogP contribution in [0.15, 0.2) is 24.3 Å². The molecule has 0 aliphatic heterocycles. The molecule has 0 aliphatic carbocycles. The number of hydrazine groups is 1. The maximum atomic E-state index is 12.9. The molecule has 0 radical (unpaired) electrons. The first-order chi connectivity index (χ1) is 11.1. The first-order valence-corrected chi connectivity index (χ1v) is 7.30. The maximum Gasteiger partial charge on any atom is 0.451 e. The summed E-state index contributed by atoms with van der Waals surface area (Å²) in [6.07, 6.45) is -4.00. The first-order valence-electron chi connectivity index (χ1n) is 7.30. The average molecular weight is 341 g/mol. The van der Waals surface area contributed by atoms with E-state index in [0.29, 0.717) is 11.8 Å². The van der Waals surface area contributed by atoms with Gasteiger partial charge in [-0.1, -0.05) is 19.1 Å². The van der Waals surface area contributed by atoms with Crippen molar-refractivity contribution in [1.29, 1.82) is 0 Å². The molecule has 0 bridgehead atoms. The Hall–Kier alpha value is -2.58. The van der Waals surface area contributed by atoms with E-state index in [1.165, 1.54) is 6.07 Å². The van der Waals surface area contributed by atoms with E-state index in [1.54, 1.807) is 18.2 Å². The summed E-state index contributed by atoms with van der Waals surface area (Å²) in [5, 5.41) is 3.05. The first kappa shape index (κ1) is 17.8. The zero-order valence-corrected chi connectivity index (χ0v) is 13.5. The number of rotatable bonds is 4. The lowest BCUT2D eigenvalue weighted by Crippen LogP contribution is -2.49. The van der Waals surface area contributed by atoms with Crippen LogP contribution in [0.4, 0.5) is 23.8 Å². The third kappa shape index (κ3) is 4.24.